The summed E-state index contributed by atoms with van der Waals surface area (Å²) in [5.41, 5.74) is 9.23. The number of nitrogens with zero attached hydrogens (tertiary/aromatic N) is 1. The molecule has 100 valence electrons. The number of anilines is 2. The van der Waals surface area contributed by atoms with E-state index in [1.807, 2.05) is 13.0 Å². The third-order valence-corrected chi connectivity index (χ3v) is 4.93. The number of fused-ring (bicyclic) bond motifs is 1. The number of hydrogen-bond acceptors (Lipinski definition) is 4. The molecule has 6 heteroatoms. The van der Waals surface area contributed by atoms with Gasteiger partial charge in [0.15, 0.2) is 0 Å². The Morgan fingerprint density at radius 3 is 2.83 bits per heavy atom. The number of benzene rings is 1. The average molecular weight is 270 g/mol. The lowest BCUT2D eigenvalue weighted by molar-refractivity contribution is 0.217. The van der Waals surface area contributed by atoms with E-state index in [1.165, 1.54) is 11.4 Å². The summed E-state index contributed by atoms with van der Waals surface area (Å²) in [6.07, 6.45) is 0.739. The fourth-order valence-corrected chi connectivity index (χ4v) is 3.57. The van der Waals surface area contributed by atoms with Crippen LogP contribution in [0.3, 0.4) is 0 Å². The molecular formula is C12H18N2O3S. The van der Waals surface area contributed by atoms with E-state index < -0.39 is 10.0 Å². The quantitative estimate of drug-likeness (QED) is 0.826. The van der Waals surface area contributed by atoms with Crippen LogP contribution in [-0.2, 0) is 21.2 Å². The first-order valence-corrected chi connectivity index (χ1v) is 7.45. The van der Waals surface area contributed by atoms with Gasteiger partial charge in [-0.3, -0.25) is 4.31 Å². The minimum absolute atomic E-state index is 0.00325. The molecule has 5 nitrogen and oxygen atoms in total. The molecule has 2 N–H and O–H groups in total. The first-order chi connectivity index (χ1) is 8.45. The summed E-state index contributed by atoms with van der Waals surface area (Å²) < 4.78 is 30.6. The predicted molar refractivity (Wildman–Crippen MR) is 72.3 cm³/mol. The van der Waals surface area contributed by atoms with Crippen molar-refractivity contribution in [2.75, 3.05) is 36.1 Å². The molecule has 1 aliphatic heterocycles. The standard InChI is InChI=1S/C12H18N2O3S/c1-9-7-10-3-4-14(12(10)8-11(9)13)18(15,16)6-5-17-2/h7-8H,3-6,13H2,1-2H3. The van der Waals surface area contributed by atoms with Crippen molar-refractivity contribution in [1.82, 2.24) is 0 Å². The largest absolute Gasteiger partial charge is 0.398 e. The summed E-state index contributed by atoms with van der Waals surface area (Å²) in [5, 5.41) is 0. The van der Waals surface area contributed by atoms with Gasteiger partial charge in [0.2, 0.25) is 10.0 Å². The van der Waals surface area contributed by atoms with Crippen molar-refractivity contribution < 1.29 is 13.2 Å². The average Bonchev–Trinajstić information content (AvgIpc) is 2.71. The summed E-state index contributed by atoms with van der Waals surface area (Å²) in [6.45, 7) is 2.62. The van der Waals surface area contributed by atoms with E-state index in [0.717, 1.165) is 17.5 Å². The minimum atomic E-state index is -3.31. The molecule has 0 aromatic heterocycles. The Morgan fingerprint density at radius 2 is 2.17 bits per heavy atom. The molecule has 0 fully saturated rings. The highest BCUT2D eigenvalue weighted by Crippen LogP contribution is 2.33. The number of nitrogens with two attached hydrogens (primary N) is 1. The third-order valence-electron chi connectivity index (χ3n) is 3.20. The van der Waals surface area contributed by atoms with E-state index >= 15 is 0 Å². The highest BCUT2D eigenvalue weighted by atomic mass is 32.2. The molecule has 0 atom stereocenters. The fourth-order valence-electron chi connectivity index (χ4n) is 2.14. The normalized spacial score (nSPS) is 14.9. The Labute approximate surface area is 108 Å². The van der Waals surface area contributed by atoms with Crippen molar-refractivity contribution in [2.24, 2.45) is 0 Å². The lowest BCUT2D eigenvalue weighted by Gasteiger charge is -2.19. The Hall–Kier alpha value is -1.27. The molecule has 0 aliphatic carbocycles. The number of ether oxygens (including phenoxy) is 1. The van der Waals surface area contributed by atoms with Crippen LogP contribution in [0.15, 0.2) is 12.1 Å². The van der Waals surface area contributed by atoms with Gasteiger partial charge in [-0.2, -0.15) is 0 Å². The second-order valence-corrected chi connectivity index (χ2v) is 6.48. The van der Waals surface area contributed by atoms with Gasteiger partial charge >= 0.3 is 0 Å². The zero-order valence-electron chi connectivity index (χ0n) is 10.6. The zero-order valence-corrected chi connectivity index (χ0v) is 11.5. The molecule has 0 spiro atoms. The molecule has 0 saturated heterocycles. The molecule has 18 heavy (non-hydrogen) atoms. The monoisotopic (exact) mass is 270 g/mol. The molecule has 1 aromatic rings. The Bertz CT molecular complexity index is 555. The number of sulfonamides is 1. The van der Waals surface area contributed by atoms with Crippen LogP contribution in [0.2, 0.25) is 0 Å². The van der Waals surface area contributed by atoms with Crippen LogP contribution in [0.5, 0.6) is 0 Å². The first kappa shape index (κ1) is 13.2. The van der Waals surface area contributed by atoms with Crippen LogP contribution in [0.4, 0.5) is 11.4 Å². The molecule has 2 rings (SSSR count). The molecule has 0 saturated carbocycles. The van der Waals surface area contributed by atoms with Crippen LogP contribution < -0.4 is 10.0 Å². The van der Waals surface area contributed by atoms with E-state index in [4.69, 9.17) is 10.5 Å². The third kappa shape index (κ3) is 2.30. The van der Waals surface area contributed by atoms with E-state index in [2.05, 4.69) is 0 Å². The van der Waals surface area contributed by atoms with Gasteiger partial charge in [-0.15, -0.1) is 0 Å². The van der Waals surface area contributed by atoms with Gasteiger partial charge in [0.1, 0.15) is 0 Å². The van der Waals surface area contributed by atoms with Crippen LogP contribution in [-0.4, -0.2) is 34.4 Å². The maximum atomic E-state index is 12.2. The lowest BCUT2D eigenvalue weighted by Crippen LogP contribution is -2.32. The summed E-state index contributed by atoms with van der Waals surface area (Å²) in [4.78, 5) is 0. The summed E-state index contributed by atoms with van der Waals surface area (Å²) >= 11 is 0. The van der Waals surface area contributed by atoms with Crippen LogP contribution >= 0.6 is 0 Å². The maximum Gasteiger partial charge on any atom is 0.237 e. The first-order valence-electron chi connectivity index (χ1n) is 5.84. The highest BCUT2D eigenvalue weighted by molar-refractivity contribution is 7.92. The molecule has 0 bridgehead atoms. The van der Waals surface area contributed by atoms with E-state index in [9.17, 15) is 8.42 Å². The van der Waals surface area contributed by atoms with Gasteiger partial charge in [-0.05, 0) is 30.5 Å². The predicted octanol–water partition coefficient (Wildman–Crippen LogP) is 0.916. The molecule has 0 unspecified atom stereocenters. The number of nitrogen functional groups attached to an aromatic ring is 1. The topological polar surface area (TPSA) is 72.6 Å². The molecular weight excluding hydrogens is 252 g/mol. The molecule has 0 amide bonds. The number of aryl methyl sites for hydroxylation is 1. The summed E-state index contributed by atoms with van der Waals surface area (Å²) in [7, 11) is -1.82. The van der Waals surface area contributed by atoms with Crippen molar-refractivity contribution in [3.05, 3.63) is 23.3 Å². The van der Waals surface area contributed by atoms with Crippen molar-refractivity contribution in [3.8, 4) is 0 Å². The van der Waals surface area contributed by atoms with E-state index in [-0.39, 0.29) is 12.4 Å². The maximum absolute atomic E-state index is 12.2. The smallest absolute Gasteiger partial charge is 0.237 e. The number of hydrogen-bond donors (Lipinski definition) is 1. The highest BCUT2D eigenvalue weighted by Gasteiger charge is 2.29. The van der Waals surface area contributed by atoms with Crippen LogP contribution in [0, 0.1) is 6.92 Å². The van der Waals surface area contributed by atoms with Gasteiger partial charge in [-0.1, -0.05) is 6.07 Å². The molecule has 1 aromatic carbocycles. The van der Waals surface area contributed by atoms with Crippen molar-refractivity contribution in [3.63, 3.8) is 0 Å². The molecule has 1 aliphatic rings. The molecule has 0 radical (unpaired) electrons. The summed E-state index contributed by atoms with van der Waals surface area (Å²) in [6, 6.07) is 3.72. The van der Waals surface area contributed by atoms with Crippen molar-refractivity contribution in [1.29, 1.82) is 0 Å². The van der Waals surface area contributed by atoms with Crippen molar-refractivity contribution >= 4 is 21.4 Å². The Morgan fingerprint density at radius 1 is 1.44 bits per heavy atom. The zero-order chi connectivity index (χ0) is 13.3. The van der Waals surface area contributed by atoms with Gasteiger partial charge < -0.3 is 10.5 Å². The van der Waals surface area contributed by atoms with Gasteiger partial charge in [-0.25, -0.2) is 8.42 Å². The van der Waals surface area contributed by atoms with Gasteiger partial charge in [0.25, 0.3) is 0 Å². The second kappa shape index (κ2) is 4.78. The summed E-state index contributed by atoms with van der Waals surface area (Å²) in [5.74, 6) is -0.00325. The number of rotatable bonds is 4. The van der Waals surface area contributed by atoms with E-state index in [0.29, 0.717) is 17.9 Å². The van der Waals surface area contributed by atoms with Gasteiger partial charge in [0, 0.05) is 19.3 Å². The van der Waals surface area contributed by atoms with Crippen LogP contribution in [0.1, 0.15) is 11.1 Å². The van der Waals surface area contributed by atoms with Crippen molar-refractivity contribution in [2.45, 2.75) is 13.3 Å². The van der Waals surface area contributed by atoms with Gasteiger partial charge in [0.05, 0.1) is 18.0 Å². The SMILES string of the molecule is COCCS(=O)(=O)N1CCc2cc(C)c(N)cc21. The molecule has 1 heterocycles. The fraction of sp³-hybridized carbons (Fsp3) is 0.500. The number of methoxy groups -OCH3 is 1. The van der Waals surface area contributed by atoms with E-state index in [1.54, 1.807) is 6.07 Å². The van der Waals surface area contributed by atoms with Crippen LogP contribution in [0.25, 0.3) is 0 Å². The lowest BCUT2D eigenvalue weighted by atomic mass is 10.1. The Balaban J connectivity index is 2.34. The minimum Gasteiger partial charge on any atom is -0.398 e. The Kier molecular flexibility index (Phi) is 3.49. The second-order valence-electron chi connectivity index (χ2n) is 4.47.